The molecule has 0 aliphatic carbocycles. The van der Waals surface area contributed by atoms with Gasteiger partial charge in [0.05, 0.1) is 23.1 Å². The molecule has 1 amide bonds. The summed E-state index contributed by atoms with van der Waals surface area (Å²) in [6, 6.07) is 9.58. The van der Waals surface area contributed by atoms with Crippen molar-refractivity contribution in [2.45, 2.75) is 6.42 Å². The Labute approximate surface area is 156 Å². The molecule has 0 unspecified atom stereocenters. The highest BCUT2D eigenvalue weighted by atomic mass is 16.5. The molecule has 0 saturated heterocycles. The molecule has 0 fully saturated rings. The number of ether oxygens (including phenoxy) is 1. The van der Waals surface area contributed by atoms with Crippen molar-refractivity contribution in [1.29, 1.82) is 0 Å². The van der Waals surface area contributed by atoms with Gasteiger partial charge in [-0.25, -0.2) is 9.97 Å². The van der Waals surface area contributed by atoms with Crippen molar-refractivity contribution in [2.24, 2.45) is 0 Å². The largest absolute Gasteiger partial charge is 0.489 e. The van der Waals surface area contributed by atoms with E-state index in [9.17, 15) is 4.79 Å². The molecule has 4 rings (SSSR count). The molecule has 1 N–H and O–H groups in total. The van der Waals surface area contributed by atoms with Gasteiger partial charge in [-0.05, 0) is 30.3 Å². The number of anilines is 2. The summed E-state index contributed by atoms with van der Waals surface area (Å²) in [5.74, 6) is 1.15. The molecule has 1 aliphatic heterocycles. The zero-order valence-electron chi connectivity index (χ0n) is 14.8. The van der Waals surface area contributed by atoms with Gasteiger partial charge in [0.15, 0.2) is 5.75 Å². The molecule has 7 heteroatoms. The number of fused-ring (bicyclic) bond motifs is 3. The van der Waals surface area contributed by atoms with E-state index in [2.05, 4.69) is 26.8 Å². The summed E-state index contributed by atoms with van der Waals surface area (Å²) in [5.41, 5.74) is 2.47. The number of carbonyl (C=O) groups is 1. The lowest BCUT2D eigenvalue weighted by Gasteiger charge is -2.29. The van der Waals surface area contributed by atoms with Gasteiger partial charge in [-0.3, -0.25) is 9.78 Å². The Bertz CT molecular complexity index is 990. The van der Waals surface area contributed by atoms with E-state index in [1.54, 1.807) is 11.1 Å². The third-order valence-corrected chi connectivity index (χ3v) is 4.43. The minimum Gasteiger partial charge on any atom is -0.489 e. The maximum atomic E-state index is 12.2. The molecular weight excluding hydrogens is 342 g/mol. The van der Waals surface area contributed by atoms with Crippen molar-refractivity contribution in [2.75, 3.05) is 29.9 Å². The van der Waals surface area contributed by atoms with Crippen LogP contribution < -0.4 is 15.0 Å². The summed E-state index contributed by atoms with van der Waals surface area (Å²) in [6.07, 6.45) is 5.38. The van der Waals surface area contributed by atoms with Crippen molar-refractivity contribution in [3.63, 3.8) is 0 Å². The number of benzene rings is 1. The van der Waals surface area contributed by atoms with Crippen LogP contribution in [0.2, 0.25) is 0 Å². The minimum atomic E-state index is -0.152. The van der Waals surface area contributed by atoms with Crippen molar-refractivity contribution in [3.8, 4) is 5.75 Å². The van der Waals surface area contributed by atoms with Crippen molar-refractivity contribution in [3.05, 3.63) is 61.2 Å². The van der Waals surface area contributed by atoms with Gasteiger partial charge in [0.25, 0.3) is 5.91 Å². The summed E-state index contributed by atoms with van der Waals surface area (Å²) in [5, 5.41) is 4.13. The molecule has 0 saturated carbocycles. The number of aromatic nitrogens is 3. The Morgan fingerprint density at radius 2 is 2.19 bits per heavy atom. The summed E-state index contributed by atoms with van der Waals surface area (Å²) in [4.78, 5) is 26.9. The van der Waals surface area contributed by atoms with E-state index >= 15 is 0 Å². The number of nitrogens with one attached hydrogen (secondary N) is 1. The number of carbonyl (C=O) groups excluding carboxylic acids is 1. The normalized spacial score (nSPS) is 13.0. The van der Waals surface area contributed by atoms with Crippen LogP contribution in [0.3, 0.4) is 0 Å². The first-order valence-electron chi connectivity index (χ1n) is 8.76. The third-order valence-electron chi connectivity index (χ3n) is 4.43. The first-order chi connectivity index (χ1) is 13.3. The second-order valence-electron chi connectivity index (χ2n) is 6.07. The summed E-state index contributed by atoms with van der Waals surface area (Å²) in [6.45, 7) is 5.15. The summed E-state index contributed by atoms with van der Waals surface area (Å²) < 4.78 is 5.91. The van der Waals surface area contributed by atoms with E-state index in [4.69, 9.17) is 4.74 Å². The topological polar surface area (TPSA) is 80.2 Å². The van der Waals surface area contributed by atoms with Crippen LogP contribution in [0.25, 0.3) is 10.9 Å². The lowest BCUT2D eigenvalue weighted by Crippen LogP contribution is -2.36. The smallest absolute Gasteiger partial charge is 0.250 e. The summed E-state index contributed by atoms with van der Waals surface area (Å²) in [7, 11) is 0. The van der Waals surface area contributed by atoms with Crippen LogP contribution in [0.15, 0.2) is 55.5 Å². The zero-order valence-corrected chi connectivity index (χ0v) is 14.8. The van der Waals surface area contributed by atoms with E-state index in [1.807, 2.05) is 30.3 Å². The molecule has 136 valence electrons. The van der Waals surface area contributed by atoms with Gasteiger partial charge in [-0.1, -0.05) is 12.6 Å². The van der Waals surface area contributed by atoms with Crippen LogP contribution in [0.4, 0.5) is 11.5 Å². The van der Waals surface area contributed by atoms with Crippen LogP contribution in [-0.2, 0) is 11.2 Å². The standard InChI is InChI=1S/C20H19N5O2/c1-2-17(26)25-11-12-27-19-16(25)7-6-15-18(19)20(24-13-23-15)22-10-8-14-5-3-4-9-21-14/h2-7,9,13H,1,8,10-12H2,(H,22,23,24). The van der Waals surface area contributed by atoms with Gasteiger partial charge in [-0.15, -0.1) is 0 Å². The van der Waals surface area contributed by atoms with Crippen LogP contribution in [0.1, 0.15) is 5.69 Å². The molecule has 0 atom stereocenters. The number of rotatable bonds is 5. The lowest BCUT2D eigenvalue weighted by molar-refractivity contribution is -0.114. The molecule has 0 spiro atoms. The second kappa shape index (κ2) is 7.41. The Balaban J connectivity index is 1.67. The van der Waals surface area contributed by atoms with Gasteiger partial charge >= 0.3 is 0 Å². The van der Waals surface area contributed by atoms with Crippen molar-refractivity contribution in [1.82, 2.24) is 15.0 Å². The highest BCUT2D eigenvalue weighted by molar-refractivity contribution is 6.07. The van der Waals surface area contributed by atoms with Crippen molar-refractivity contribution < 1.29 is 9.53 Å². The molecule has 7 nitrogen and oxygen atoms in total. The predicted octanol–water partition coefficient (Wildman–Crippen LogP) is 2.59. The highest BCUT2D eigenvalue weighted by Gasteiger charge is 2.25. The van der Waals surface area contributed by atoms with E-state index in [-0.39, 0.29) is 5.91 Å². The van der Waals surface area contributed by atoms with E-state index in [0.717, 1.165) is 23.0 Å². The van der Waals surface area contributed by atoms with Crippen LogP contribution in [0.5, 0.6) is 5.75 Å². The summed E-state index contributed by atoms with van der Waals surface area (Å²) >= 11 is 0. The Morgan fingerprint density at radius 3 is 3.00 bits per heavy atom. The molecule has 0 bridgehead atoms. The molecular formula is C20H19N5O2. The van der Waals surface area contributed by atoms with Gasteiger partial charge in [-0.2, -0.15) is 0 Å². The molecule has 2 aromatic heterocycles. The molecule has 3 heterocycles. The van der Waals surface area contributed by atoms with Crippen molar-refractivity contribution >= 4 is 28.3 Å². The van der Waals surface area contributed by atoms with Gasteiger partial charge in [0.1, 0.15) is 18.8 Å². The van der Waals surface area contributed by atoms with Crippen LogP contribution in [-0.4, -0.2) is 40.6 Å². The highest BCUT2D eigenvalue weighted by Crippen LogP contribution is 2.40. The molecule has 27 heavy (non-hydrogen) atoms. The fourth-order valence-corrected chi connectivity index (χ4v) is 3.16. The first-order valence-corrected chi connectivity index (χ1v) is 8.76. The van der Waals surface area contributed by atoms with Gasteiger partial charge < -0.3 is 15.0 Å². The number of hydrogen-bond acceptors (Lipinski definition) is 6. The number of hydrogen-bond donors (Lipinski definition) is 1. The minimum absolute atomic E-state index is 0.152. The Morgan fingerprint density at radius 1 is 1.26 bits per heavy atom. The second-order valence-corrected chi connectivity index (χ2v) is 6.07. The predicted molar refractivity (Wildman–Crippen MR) is 104 cm³/mol. The number of amides is 1. The SMILES string of the molecule is C=CC(=O)N1CCOc2c1ccc1ncnc(NCCc3ccccn3)c21. The zero-order chi connectivity index (χ0) is 18.6. The lowest BCUT2D eigenvalue weighted by atomic mass is 10.1. The maximum Gasteiger partial charge on any atom is 0.250 e. The van der Waals surface area contributed by atoms with E-state index in [0.29, 0.717) is 37.0 Å². The third kappa shape index (κ3) is 3.31. The Kier molecular flexibility index (Phi) is 4.65. The molecule has 1 aromatic carbocycles. The average Bonchev–Trinajstić information content (AvgIpc) is 2.73. The quantitative estimate of drug-likeness (QED) is 0.704. The first kappa shape index (κ1) is 17.0. The molecule has 1 aliphatic rings. The van der Waals surface area contributed by atoms with Crippen LogP contribution in [0, 0.1) is 0 Å². The Hall–Kier alpha value is -3.48. The van der Waals surface area contributed by atoms with Gasteiger partial charge in [0, 0.05) is 24.9 Å². The maximum absolute atomic E-state index is 12.2. The molecule has 3 aromatic rings. The fourth-order valence-electron chi connectivity index (χ4n) is 3.16. The molecule has 0 radical (unpaired) electrons. The fraction of sp³-hybridized carbons (Fsp3) is 0.200. The number of nitrogens with zero attached hydrogens (tertiary/aromatic N) is 4. The number of pyridine rings is 1. The monoisotopic (exact) mass is 361 g/mol. The van der Waals surface area contributed by atoms with Gasteiger partial charge in [0.2, 0.25) is 0 Å². The average molecular weight is 361 g/mol. The van der Waals surface area contributed by atoms with Crippen LogP contribution >= 0.6 is 0 Å². The van der Waals surface area contributed by atoms with E-state index in [1.165, 1.54) is 12.4 Å². The van der Waals surface area contributed by atoms with E-state index < -0.39 is 0 Å².